The van der Waals surface area contributed by atoms with Crippen LogP contribution in [0.15, 0.2) is 34.8 Å². The van der Waals surface area contributed by atoms with Crippen molar-refractivity contribution in [3.05, 3.63) is 52.4 Å². The average molecular weight is 490 g/mol. The second-order valence-corrected chi connectivity index (χ2v) is 10.6. The Hall–Kier alpha value is -3.37. The Bertz CT molecular complexity index is 1340. The van der Waals surface area contributed by atoms with E-state index in [0.29, 0.717) is 6.54 Å². The third-order valence-electron chi connectivity index (χ3n) is 7.11. The summed E-state index contributed by atoms with van der Waals surface area (Å²) in [6.07, 6.45) is 5.61. The zero-order chi connectivity index (χ0) is 24.2. The Balaban J connectivity index is 1.29. The fourth-order valence-electron chi connectivity index (χ4n) is 5.09. The minimum Gasteiger partial charge on any atom is -0.476 e. The molecule has 6 rings (SSSR count). The predicted octanol–water partition coefficient (Wildman–Crippen LogP) is 3.33. The zero-order valence-corrected chi connectivity index (χ0v) is 20.4. The van der Waals surface area contributed by atoms with Crippen LogP contribution in [-0.4, -0.2) is 57.0 Å². The monoisotopic (exact) mass is 489 g/mol. The second-order valence-electron chi connectivity index (χ2n) is 9.71. The topological polar surface area (TPSA) is 121 Å². The Morgan fingerprint density at radius 3 is 2.80 bits per heavy atom. The third-order valence-corrected chi connectivity index (χ3v) is 7.99. The molecule has 10 heteroatoms. The van der Waals surface area contributed by atoms with E-state index in [2.05, 4.69) is 27.8 Å². The fraction of sp³-hybridized carbons (Fsp3) is 0.400. The molecule has 0 bridgehead atoms. The van der Waals surface area contributed by atoms with Gasteiger partial charge in [0.1, 0.15) is 16.5 Å². The van der Waals surface area contributed by atoms with Gasteiger partial charge in [0.25, 0.3) is 0 Å². The minimum atomic E-state index is -1.00. The van der Waals surface area contributed by atoms with Gasteiger partial charge in [-0.15, -0.1) is 11.3 Å². The SMILES string of the molecule is CC1(N)CCN(c2cnc3c(n2)CN=C3N2CCCc3c(-c4nc(C(=O)O)cs4)cccc32)CC1. The summed E-state index contributed by atoms with van der Waals surface area (Å²) in [7, 11) is 0. The number of thiazole rings is 1. The van der Waals surface area contributed by atoms with Gasteiger partial charge in [-0.3, -0.25) is 4.99 Å². The lowest BCUT2D eigenvalue weighted by Crippen LogP contribution is -2.48. The highest BCUT2D eigenvalue weighted by Gasteiger charge is 2.32. The molecule has 0 amide bonds. The van der Waals surface area contributed by atoms with Gasteiger partial charge in [-0.1, -0.05) is 12.1 Å². The van der Waals surface area contributed by atoms with Crippen molar-refractivity contribution in [2.24, 2.45) is 10.7 Å². The summed E-state index contributed by atoms with van der Waals surface area (Å²) in [4.78, 5) is 34.8. The molecular weight excluding hydrogens is 462 g/mol. The molecule has 1 saturated heterocycles. The van der Waals surface area contributed by atoms with E-state index in [1.54, 1.807) is 5.38 Å². The van der Waals surface area contributed by atoms with Crippen molar-refractivity contribution in [1.82, 2.24) is 15.0 Å². The van der Waals surface area contributed by atoms with Crippen LogP contribution in [0.2, 0.25) is 0 Å². The highest BCUT2D eigenvalue weighted by atomic mass is 32.1. The maximum Gasteiger partial charge on any atom is 0.355 e. The number of carboxylic acids is 1. The molecule has 2 aromatic heterocycles. The van der Waals surface area contributed by atoms with Crippen molar-refractivity contribution in [3.63, 3.8) is 0 Å². The molecule has 180 valence electrons. The summed E-state index contributed by atoms with van der Waals surface area (Å²) in [5.41, 5.74) is 11.3. The van der Waals surface area contributed by atoms with Crippen molar-refractivity contribution >= 4 is 34.6 Å². The van der Waals surface area contributed by atoms with Crippen LogP contribution in [0.5, 0.6) is 0 Å². The van der Waals surface area contributed by atoms with Crippen molar-refractivity contribution in [2.45, 2.75) is 44.7 Å². The quantitative estimate of drug-likeness (QED) is 0.575. The molecule has 0 spiro atoms. The number of amidine groups is 1. The summed E-state index contributed by atoms with van der Waals surface area (Å²) in [6.45, 7) is 5.25. The van der Waals surface area contributed by atoms with Gasteiger partial charge in [0.05, 0.1) is 18.4 Å². The van der Waals surface area contributed by atoms with Crippen molar-refractivity contribution in [1.29, 1.82) is 0 Å². The number of anilines is 2. The molecule has 5 heterocycles. The lowest BCUT2D eigenvalue weighted by atomic mass is 9.91. The number of aliphatic imine (C=N–C) groups is 1. The maximum atomic E-state index is 11.3. The van der Waals surface area contributed by atoms with Gasteiger partial charge in [0, 0.05) is 41.8 Å². The predicted molar refractivity (Wildman–Crippen MR) is 136 cm³/mol. The average Bonchev–Trinajstić information content (AvgIpc) is 3.51. The van der Waals surface area contributed by atoms with E-state index in [1.807, 2.05) is 18.3 Å². The molecule has 9 nitrogen and oxygen atoms in total. The van der Waals surface area contributed by atoms with E-state index >= 15 is 0 Å². The van der Waals surface area contributed by atoms with Crippen LogP contribution in [-0.2, 0) is 13.0 Å². The van der Waals surface area contributed by atoms with E-state index in [1.165, 1.54) is 16.9 Å². The first-order valence-electron chi connectivity index (χ1n) is 11.9. The molecule has 0 unspecified atom stereocenters. The van der Waals surface area contributed by atoms with Crippen LogP contribution in [0.3, 0.4) is 0 Å². The summed E-state index contributed by atoms with van der Waals surface area (Å²) in [6, 6.07) is 6.12. The van der Waals surface area contributed by atoms with Crippen LogP contribution in [0.25, 0.3) is 10.6 Å². The number of piperidine rings is 1. The molecule has 1 fully saturated rings. The van der Waals surface area contributed by atoms with E-state index < -0.39 is 5.97 Å². The summed E-state index contributed by atoms with van der Waals surface area (Å²) < 4.78 is 0. The first-order valence-corrected chi connectivity index (χ1v) is 12.8. The van der Waals surface area contributed by atoms with Crippen LogP contribution >= 0.6 is 11.3 Å². The number of hydrogen-bond acceptors (Lipinski definition) is 9. The minimum absolute atomic E-state index is 0.0836. The normalized spacial score (nSPS) is 18.7. The number of carbonyl (C=O) groups is 1. The molecule has 0 aliphatic carbocycles. The number of hydrogen-bond donors (Lipinski definition) is 2. The van der Waals surface area contributed by atoms with E-state index in [9.17, 15) is 9.90 Å². The molecule has 1 aromatic carbocycles. The second kappa shape index (κ2) is 8.39. The van der Waals surface area contributed by atoms with Gasteiger partial charge >= 0.3 is 5.97 Å². The lowest BCUT2D eigenvalue weighted by Gasteiger charge is -2.37. The van der Waals surface area contributed by atoms with Crippen molar-refractivity contribution in [3.8, 4) is 10.6 Å². The molecule has 35 heavy (non-hydrogen) atoms. The highest BCUT2D eigenvalue weighted by molar-refractivity contribution is 7.13. The summed E-state index contributed by atoms with van der Waals surface area (Å²) in [5.74, 6) is 0.751. The summed E-state index contributed by atoms with van der Waals surface area (Å²) >= 11 is 1.37. The van der Waals surface area contributed by atoms with Crippen LogP contribution in [0.4, 0.5) is 11.5 Å². The fourth-order valence-corrected chi connectivity index (χ4v) is 5.94. The number of aromatic nitrogens is 3. The Morgan fingerprint density at radius 1 is 1.20 bits per heavy atom. The zero-order valence-electron chi connectivity index (χ0n) is 19.6. The molecule has 0 saturated carbocycles. The number of nitrogens with zero attached hydrogens (tertiary/aromatic N) is 6. The van der Waals surface area contributed by atoms with Gasteiger partial charge in [-0.05, 0) is 44.2 Å². The molecule has 3 N–H and O–H groups in total. The first-order chi connectivity index (χ1) is 16.9. The maximum absolute atomic E-state index is 11.3. The molecule has 0 radical (unpaired) electrons. The van der Waals surface area contributed by atoms with E-state index in [0.717, 1.165) is 84.6 Å². The molecule has 0 atom stereocenters. The Morgan fingerprint density at radius 2 is 2.03 bits per heavy atom. The summed E-state index contributed by atoms with van der Waals surface area (Å²) in [5, 5.41) is 11.6. The van der Waals surface area contributed by atoms with Crippen molar-refractivity contribution < 1.29 is 9.90 Å². The number of nitrogens with two attached hydrogens (primary N) is 1. The highest BCUT2D eigenvalue weighted by Crippen LogP contribution is 2.38. The molecule has 3 aliphatic heterocycles. The molecular formula is C25H27N7O2S. The molecule has 3 aliphatic rings. The van der Waals surface area contributed by atoms with Gasteiger partial charge in [0.2, 0.25) is 0 Å². The number of fused-ring (bicyclic) bond motifs is 2. The van der Waals surface area contributed by atoms with E-state index in [-0.39, 0.29) is 11.2 Å². The molecule has 3 aromatic rings. The Labute approximate surface area is 207 Å². The van der Waals surface area contributed by atoms with Gasteiger partial charge in [-0.2, -0.15) is 0 Å². The lowest BCUT2D eigenvalue weighted by molar-refractivity contribution is 0.0691. The van der Waals surface area contributed by atoms with Crippen LogP contribution in [0, 0.1) is 0 Å². The third kappa shape index (κ3) is 3.96. The van der Waals surface area contributed by atoms with Gasteiger partial charge < -0.3 is 20.6 Å². The number of carboxylic acid groups (broad SMARTS) is 1. The number of benzene rings is 1. The first kappa shape index (κ1) is 22.1. The number of aromatic carboxylic acids is 1. The Kier molecular flexibility index (Phi) is 5.30. The number of rotatable bonds is 3. The van der Waals surface area contributed by atoms with Crippen LogP contribution in [0.1, 0.15) is 53.6 Å². The van der Waals surface area contributed by atoms with Crippen molar-refractivity contribution in [2.75, 3.05) is 29.4 Å². The van der Waals surface area contributed by atoms with Crippen LogP contribution < -0.4 is 15.5 Å². The smallest absolute Gasteiger partial charge is 0.355 e. The van der Waals surface area contributed by atoms with Gasteiger partial charge in [0.15, 0.2) is 11.5 Å². The largest absolute Gasteiger partial charge is 0.476 e. The van der Waals surface area contributed by atoms with Gasteiger partial charge in [-0.25, -0.2) is 19.7 Å². The van der Waals surface area contributed by atoms with E-state index in [4.69, 9.17) is 20.7 Å². The standard InChI is InChI=1S/C25H27N7O2S/c1-25(26)7-10-31(11-8-25)20-13-27-21-17(29-20)12-28-22(21)32-9-3-5-15-16(4-2-6-19(15)32)23-30-18(14-35-23)24(33)34/h2,4,6,13-14H,3,5,7-12,26H2,1H3,(H,33,34).